The molecule has 0 saturated heterocycles. The molecule has 0 aliphatic heterocycles. The van der Waals surface area contributed by atoms with Gasteiger partial charge in [-0.3, -0.25) is 0 Å². The number of aryl methyl sites for hydroxylation is 1. The number of hydrogen-bond acceptors (Lipinski definition) is 1. The molecular formula is C17H26O. The zero-order valence-electron chi connectivity index (χ0n) is 12.2. The molecular weight excluding hydrogens is 220 g/mol. The van der Waals surface area contributed by atoms with Crippen molar-refractivity contribution in [2.24, 2.45) is 11.3 Å². The first-order chi connectivity index (χ1) is 8.41. The lowest BCUT2D eigenvalue weighted by Crippen LogP contribution is -2.25. The van der Waals surface area contributed by atoms with Crippen LogP contribution in [0, 0.1) is 25.2 Å². The largest absolute Gasteiger partial charge is 0.388 e. The quantitative estimate of drug-likeness (QED) is 0.811. The maximum atomic E-state index is 10.6. The summed E-state index contributed by atoms with van der Waals surface area (Å²) in [6.07, 6.45) is 4.50. The lowest BCUT2D eigenvalue weighted by Gasteiger charge is -2.36. The first kappa shape index (κ1) is 13.6. The Kier molecular flexibility index (Phi) is 3.82. The smallest absolute Gasteiger partial charge is 0.0820 e. The lowest BCUT2D eigenvalue weighted by atomic mass is 9.70. The van der Waals surface area contributed by atoms with Crippen LogP contribution in [-0.4, -0.2) is 5.11 Å². The van der Waals surface area contributed by atoms with E-state index in [0.717, 1.165) is 18.4 Å². The standard InChI is InChI=1S/C17H26O/c1-12-6-5-7-15(13(12)2)16(18)14-8-10-17(3,4)11-9-14/h5-7,14,16,18H,8-11H2,1-4H3. The Morgan fingerprint density at radius 2 is 1.78 bits per heavy atom. The highest BCUT2D eigenvalue weighted by Crippen LogP contribution is 2.43. The van der Waals surface area contributed by atoms with Crippen LogP contribution < -0.4 is 0 Å². The molecule has 1 aliphatic carbocycles. The average Bonchev–Trinajstić information content (AvgIpc) is 2.32. The Morgan fingerprint density at radius 1 is 1.17 bits per heavy atom. The number of aliphatic hydroxyl groups is 1. The lowest BCUT2D eigenvalue weighted by molar-refractivity contribution is 0.0563. The molecule has 100 valence electrons. The monoisotopic (exact) mass is 246 g/mol. The zero-order valence-corrected chi connectivity index (χ0v) is 12.2. The fourth-order valence-corrected chi connectivity index (χ4v) is 3.09. The molecule has 1 unspecified atom stereocenters. The third-order valence-corrected chi connectivity index (χ3v) is 4.80. The molecule has 0 bridgehead atoms. The number of benzene rings is 1. The summed E-state index contributed by atoms with van der Waals surface area (Å²) in [7, 11) is 0. The predicted octanol–water partition coefficient (Wildman–Crippen LogP) is 4.55. The van der Waals surface area contributed by atoms with Crippen LogP contribution in [0.3, 0.4) is 0 Å². The Labute approximate surface area is 111 Å². The number of rotatable bonds is 2. The molecule has 1 atom stereocenters. The fraction of sp³-hybridized carbons (Fsp3) is 0.647. The Hall–Kier alpha value is -0.820. The van der Waals surface area contributed by atoms with Gasteiger partial charge in [0.15, 0.2) is 0 Å². The van der Waals surface area contributed by atoms with Gasteiger partial charge in [0.05, 0.1) is 6.10 Å². The summed E-state index contributed by atoms with van der Waals surface area (Å²) in [5.41, 5.74) is 4.15. The summed E-state index contributed by atoms with van der Waals surface area (Å²) in [4.78, 5) is 0. The molecule has 0 radical (unpaired) electrons. The third-order valence-electron chi connectivity index (χ3n) is 4.80. The minimum atomic E-state index is -0.277. The van der Waals surface area contributed by atoms with E-state index in [0.29, 0.717) is 11.3 Å². The molecule has 1 heteroatoms. The van der Waals surface area contributed by atoms with E-state index in [-0.39, 0.29) is 6.10 Å². The highest BCUT2D eigenvalue weighted by molar-refractivity contribution is 5.34. The van der Waals surface area contributed by atoms with Gasteiger partial charge in [-0.25, -0.2) is 0 Å². The molecule has 1 fully saturated rings. The van der Waals surface area contributed by atoms with E-state index in [2.05, 4.69) is 45.9 Å². The van der Waals surface area contributed by atoms with Crippen molar-refractivity contribution in [1.82, 2.24) is 0 Å². The summed E-state index contributed by atoms with van der Waals surface area (Å²) < 4.78 is 0. The van der Waals surface area contributed by atoms with Gasteiger partial charge in [0.2, 0.25) is 0 Å². The van der Waals surface area contributed by atoms with Gasteiger partial charge in [-0.1, -0.05) is 32.0 Å². The summed E-state index contributed by atoms with van der Waals surface area (Å²) in [5.74, 6) is 0.443. The maximum absolute atomic E-state index is 10.6. The van der Waals surface area contributed by atoms with Crippen molar-refractivity contribution < 1.29 is 5.11 Å². The van der Waals surface area contributed by atoms with E-state index in [4.69, 9.17) is 0 Å². The second-order valence-electron chi connectivity index (χ2n) is 6.74. The van der Waals surface area contributed by atoms with Gasteiger partial charge in [-0.2, -0.15) is 0 Å². The molecule has 2 rings (SSSR count). The van der Waals surface area contributed by atoms with Crippen molar-refractivity contribution in [1.29, 1.82) is 0 Å². The molecule has 1 aromatic carbocycles. The number of aliphatic hydroxyl groups excluding tert-OH is 1. The van der Waals surface area contributed by atoms with Crippen molar-refractivity contribution >= 4 is 0 Å². The van der Waals surface area contributed by atoms with Gasteiger partial charge >= 0.3 is 0 Å². The molecule has 1 N–H and O–H groups in total. The fourth-order valence-electron chi connectivity index (χ4n) is 3.09. The minimum Gasteiger partial charge on any atom is -0.388 e. The molecule has 18 heavy (non-hydrogen) atoms. The van der Waals surface area contributed by atoms with E-state index < -0.39 is 0 Å². The van der Waals surface area contributed by atoms with Crippen LogP contribution in [0.2, 0.25) is 0 Å². The normalized spacial score (nSPS) is 21.8. The van der Waals surface area contributed by atoms with E-state index in [1.807, 2.05) is 0 Å². The van der Waals surface area contributed by atoms with E-state index in [1.165, 1.54) is 24.0 Å². The van der Waals surface area contributed by atoms with Gasteiger partial charge in [0, 0.05) is 0 Å². The number of hydrogen-bond donors (Lipinski definition) is 1. The second-order valence-corrected chi connectivity index (χ2v) is 6.74. The molecule has 1 aliphatic rings. The van der Waals surface area contributed by atoms with Crippen LogP contribution >= 0.6 is 0 Å². The van der Waals surface area contributed by atoms with Gasteiger partial charge < -0.3 is 5.11 Å². The van der Waals surface area contributed by atoms with Gasteiger partial charge in [0.25, 0.3) is 0 Å². The zero-order chi connectivity index (χ0) is 13.3. The molecule has 1 saturated carbocycles. The second kappa shape index (κ2) is 5.05. The van der Waals surface area contributed by atoms with Crippen molar-refractivity contribution in [2.45, 2.75) is 59.5 Å². The van der Waals surface area contributed by atoms with Crippen LogP contribution in [-0.2, 0) is 0 Å². The first-order valence-electron chi connectivity index (χ1n) is 7.15. The van der Waals surface area contributed by atoms with Crippen molar-refractivity contribution in [3.63, 3.8) is 0 Å². The average molecular weight is 246 g/mol. The molecule has 0 heterocycles. The highest BCUT2D eigenvalue weighted by Gasteiger charge is 2.31. The van der Waals surface area contributed by atoms with Crippen LogP contribution in [0.15, 0.2) is 18.2 Å². The molecule has 0 spiro atoms. The maximum Gasteiger partial charge on any atom is 0.0820 e. The van der Waals surface area contributed by atoms with Crippen LogP contribution in [0.1, 0.15) is 62.3 Å². The summed E-state index contributed by atoms with van der Waals surface area (Å²) in [6, 6.07) is 6.27. The van der Waals surface area contributed by atoms with E-state index in [9.17, 15) is 5.11 Å². The van der Waals surface area contributed by atoms with Gasteiger partial charge in [-0.15, -0.1) is 0 Å². The molecule has 0 aromatic heterocycles. The Bertz CT molecular complexity index is 410. The molecule has 1 nitrogen and oxygen atoms in total. The molecule has 1 aromatic rings. The summed E-state index contributed by atoms with van der Waals surface area (Å²) in [5, 5.41) is 10.6. The van der Waals surface area contributed by atoms with Crippen molar-refractivity contribution in [3.8, 4) is 0 Å². The van der Waals surface area contributed by atoms with E-state index in [1.54, 1.807) is 0 Å². The Morgan fingerprint density at radius 3 is 2.39 bits per heavy atom. The minimum absolute atomic E-state index is 0.277. The van der Waals surface area contributed by atoms with Crippen molar-refractivity contribution in [3.05, 3.63) is 34.9 Å². The molecule has 0 amide bonds. The van der Waals surface area contributed by atoms with Crippen LogP contribution in [0.25, 0.3) is 0 Å². The highest BCUT2D eigenvalue weighted by atomic mass is 16.3. The van der Waals surface area contributed by atoms with Gasteiger partial charge in [-0.05, 0) is 67.6 Å². The summed E-state index contributed by atoms with van der Waals surface area (Å²) in [6.45, 7) is 8.93. The van der Waals surface area contributed by atoms with Gasteiger partial charge in [0.1, 0.15) is 0 Å². The topological polar surface area (TPSA) is 20.2 Å². The third kappa shape index (κ3) is 2.77. The van der Waals surface area contributed by atoms with Crippen molar-refractivity contribution in [2.75, 3.05) is 0 Å². The first-order valence-corrected chi connectivity index (χ1v) is 7.15. The van der Waals surface area contributed by atoms with E-state index >= 15 is 0 Å². The SMILES string of the molecule is Cc1cccc(C(O)C2CCC(C)(C)CC2)c1C. The van der Waals surface area contributed by atoms with Crippen LogP contribution in [0.4, 0.5) is 0 Å². The predicted molar refractivity (Wildman–Crippen MR) is 76.6 cm³/mol. The van der Waals surface area contributed by atoms with Crippen LogP contribution in [0.5, 0.6) is 0 Å². The Balaban J connectivity index is 2.12. The summed E-state index contributed by atoms with van der Waals surface area (Å²) >= 11 is 0.